The summed E-state index contributed by atoms with van der Waals surface area (Å²) >= 11 is 0. The van der Waals surface area contributed by atoms with E-state index in [2.05, 4.69) is 10.6 Å². The fourth-order valence-electron chi connectivity index (χ4n) is 2.46. The summed E-state index contributed by atoms with van der Waals surface area (Å²) in [5, 5.41) is 4.95. The largest absolute Gasteiger partial charge is 0.371 e. The fourth-order valence-corrected chi connectivity index (χ4v) is 2.46. The van der Waals surface area contributed by atoms with Crippen molar-refractivity contribution in [1.82, 2.24) is 10.6 Å². The third-order valence-electron chi connectivity index (χ3n) is 3.61. The highest BCUT2D eigenvalue weighted by Gasteiger charge is 2.58. The first-order chi connectivity index (χ1) is 8.71. The molecule has 94 valence electrons. The summed E-state index contributed by atoms with van der Waals surface area (Å²) in [7, 11) is 0. The number of amides is 3. The third-order valence-corrected chi connectivity index (χ3v) is 3.61. The molecule has 1 saturated carbocycles. The molecule has 1 unspecified atom stereocenters. The minimum absolute atomic E-state index is 0.232. The minimum atomic E-state index is -0.828. The third kappa shape index (κ3) is 1.67. The van der Waals surface area contributed by atoms with Gasteiger partial charge in [-0.25, -0.2) is 4.79 Å². The van der Waals surface area contributed by atoms with Gasteiger partial charge in [-0.2, -0.15) is 0 Å². The van der Waals surface area contributed by atoms with E-state index < -0.39 is 11.6 Å². The van der Waals surface area contributed by atoms with Crippen LogP contribution in [0, 0.1) is 0 Å². The lowest BCUT2D eigenvalue weighted by molar-refractivity contribution is -0.141. The molecule has 18 heavy (non-hydrogen) atoms. The molecule has 1 saturated heterocycles. The molecule has 0 radical (unpaired) electrons. The lowest BCUT2D eigenvalue weighted by Gasteiger charge is -2.43. The Balaban J connectivity index is 1.65. The van der Waals surface area contributed by atoms with E-state index in [1.807, 2.05) is 30.3 Å². The molecule has 3 rings (SSSR count). The first kappa shape index (κ1) is 11.2. The molecule has 0 aromatic heterocycles. The van der Waals surface area contributed by atoms with E-state index in [1.54, 1.807) is 0 Å². The number of benzene rings is 1. The van der Waals surface area contributed by atoms with Crippen LogP contribution in [0.3, 0.4) is 0 Å². The van der Waals surface area contributed by atoms with Crippen molar-refractivity contribution in [2.24, 2.45) is 0 Å². The van der Waals surface area contributed by atoms with E-state index in [0.29, 0.717) is 13.0 Å². The second-order valence-electron chi connectivity index (χ2n) is 4.70. The maximum absolute atomic E-state index is 11.7. The second-order valence-corrected chi connectivity index (χ2v) is 4.70. The summed E-state index contributed by atoms with van der Waals surface area (Å²) in [6, 6.07) is 9.35. The Morgan fingerprint density at radius 1 is 1.28 bits per heavy atom. The number of urea groups is 1. The Bertz CT molecular complexity index is 488. The van der Waals surface area contributed by atoms with Gasteiger partial charge >= 0.3 is 6.03 Å². The Hall–Kier alpha value is -1.88. The molecule has 2 atom stereocenters. The molecule has 2 fully saturated rings. The van der Waals surface area contributed by atoms with Gasteiger partial charge in [0.25, 0.3) is 5.91 Å². The lowest BCUT2D eigenvalue weighted by Crippen LogP contribution is -2.64. The molecule has 3 amide bonds. The van der Waals surface area contributed by atoms with Crippen molar-refractivity contribution in [3.8, 4) is 0 Å². The summed E-state index contributed by atoms with van der Waals surface area (Å²) in [5.41, 5.74) is 0.232. The second kappa shape index (κ2) is 4.10. The predicted octanol–water partition coefficient (Wildman–Crippen LogP) is 0.944. The van der Waals surface area contributed by atoms with Crippen LogP contribution < -0.4 is 10.6 Å². The number of hydrogen-bond donors (Lipinski definition) is 2. The fraction of sp³-hybridized carbons (Fsp3) is 0.385. The van der Waals surface area contributed by atoms with Gasteiger partial charge in [0.05, 0.1) is 12.7 Å². The van der Waals surface area contributed by atoms with Gasteiger partial charge in [0, 0.05) is 0 Å². The summed E-state index contributed by atoms with van der Waals surface area (Å²) < 4.78 is 5.74. The smallest absolute Gasteiger partial charge is 0.322 e. The summed E-state index contributed by atoms with van der Waals surface area (Å²) in [6.07, 6.45) is 1.20. The molecule has 1 aromatic rings. The average Bonchev–Trinajstić information content (AvgIpc) is 2.67. The van der Waals surface area contributed by atoms with Gasteiger partial charge in [-0.05, 0) is 18.4 Å². The van der Waals surface area contributed by atoms with E-state index in [0.717, 1.165) is 12.0 Å². The molecule has 1 spiro atoms. The Morgan fingerprint density at radius 2 is 2.06 bits per heavy atom. The van der Waals surface area contributed by atoms with Crippen molar-refractivity contribution in [2.45, 2.75) is 31.1 Å². The van der Waals surface area contributed by atoms with Crippen molar-refractivity contribution < 1.29 is 14.3 Å². The van der Waals surface area contributed by atoms with E-state index >= 15 is 0 Å². The maximum atomic E-state index is 11.7. The maximum Gasteiger partial charge on any atom is 0.322 e. The van der Waals surface area contributed by atoms with Crippen molar-refractivity contribution in [2.75, 3.05) is 0 Å². The van der Waals surface area contributed by atoms with Crippen molar-refractivity contribution in [3.63, 3.8) is 0 Å². The standard InChI is InChI=1S/C13H14N2O3/c16-11-13(15-12(17)14-11)7-6-10(13)18-8-9-4-2-1-3-5-9/h1-5,10H,6-8H2,(H2,14,15,16,17)/t10?,13-/m0/s1. The van der Waals surface area contributed by atoms with Crippen LogP contribution in [-0.2, 0) is 16.1 Å². The number of nitrogens with one attached hydrogen (secondary N) is 2. The Kier molecular flexibility index (Phi) is 2.56. The van der Waals surface area contributed by atoms with Crippen LogP contribution in [0.25, 0.3) is 0 Å². The molecule has 0 bridgehead atoms. The Morgan fingerprint density at radius 3 is 2.61 bits per heavy atom. The zero-order valence-corrected chi connectivity index (χ0v) is 9.81. The van der Waals surface area contributed by atoms with E-state index in [-0.39, 0.29) is 12.0 Å². The Labute approximate surface area is 105 Å². The molecule has 1 heterocycles. The predicted molar refractivity (Wildman–Crippen MR) is 63.7 cm³/mol. The zero-order chi connectivity index (χ0) is 12.6. The number of rotatable bonds is 3. The number of hydrogen-bond acceptors (Lipinski definition) is 3. The van der Waals surface area contributed by atoms with Crippen LogP contribution in [0.4, 0.5) is 4.79 Å². The highest BCUT2D eigenvalue weighted by atomic mass is 16.5. The molecule has 2 N–H and O–H groups in total. The lowest BCUT2D eigenvalue weighted by atomic mass is 9.73. The summed E-state index contributed by atoms with van der Waals surface area (Å²) in [6.45, 7) is 0.455. The van der Waals surface area contributed by atoms with Gasteiger partial charge in [0.1, 0.15) is 5.54 Å². The number of carbonyl (C=O) groups excluding carboxylic acids is 2. The normalized spacial score (nSPS) is 29.9. The number of carbonyl (C=O) groups is 2. The molecule has 2 aliphatic rings. The van der Waals surface area contributed by atoms with Gasteiger partial charge in [0.15, 0.2) is 0 Å². The summed E-state index contributed by atoms with van der Waals surface area (Å²) in [5.74, 6) is -0.267. The van der Waals surface area contributed by atoms with Gasteiger partial charge in [-0.15, -0.1) is 0 Å². The van der Waals surface area contributed by atoms with Gasteiger partial charge < -0.3 is 10.1 Å². The minimum Gasteiger partial charge on any atom is -0.371 e. The monoisotopic (exact) mass is 246 g/mol. The van der Waals surface area contributed by atoms with Crippen molar-refractivity contribution in [3.05, 3.63) is 35.9 Å². The number of ether oxygens (including phenoxy) is 1. The van der Waals surface area contributed by atoms with E-state index in [9.17, 15) is 9.59 Å². The topological polar surface area (TPSA) is 67.4 Å². The first-order valence-electron chi connectivity index (χ1n) is 6.00. The average molecular weight is 246 g/mol. The SMILES string of the molecule is O=C1NC(=O)[C@@]2(CCC2OCc2ccccc2)N1. The van der Waals surface area contributed by atoms with E-state index in [1.165, 1.54) is 0 Å². The quantitative estimate of drug-likeness (QED) is 0.780. The van der Waals surface area contributed by atoms with Gasteiger partial charge in [-0.3, -0.25) is 10.1 Å². The van der Waals surface area contributed by atoms with Gasteiger partial charge in [-0.1, -0.05) is 30.3 Å². The van der Waals surface area contributed by atoms with Crippen LogP contribution in [0.5, 0.6) is 0 Å². The molecular formula is C13H14N2O3. The van der Waals surface area contributed by atoms with Crippen molar-refractivity contribution >= 4 is 11.9 Å². The number of imide groups is 1. The van der Waals surface area contributed by atoms with E-state index in [4.69, 9.17) is 4.74 Å². The van der Waals surface area contributed by atoms with Crippen LogP contribution in [0.1, 0.15) is 18.4 Å². The van der Waals surface area contributed by atoms with Crippen molar-refractivity contribution in [1.29, 1.82) is 0 Å². The molecule has 1 aliphatic heterocycles. The molecule has 5 nitrogen and oxygen atoms in total. The molecular weight excluding hydrogens is 232 g/mol. The molecule has 1 aliphatic carbocycles. The van der Waals surface area contributed by atoms with Crippen LogP contribution in [0.2, 0.25) is 0 Å². The van der Waals surface area contributed by atoms with Crippen LogP contribution in [0.15, 0.2) is 30.3 Å². The van der Waals surface area contributed by atoms with Crippen LogP contribution >= 0.6 is 0 Å². The highest BCUT2D eigenvalue weighted by Crippen LogP contribution is 2.37. The van der Waals surface area contributed by atoms with Crippen LogP contribution in [-0.4, -0.2) is 23.6 Å². The zero-order valence-electron chi connectivity index (χ0n) is 9.81. The molecule has 1 aromatic carbocycles. The first-order valence-corrected chi connectivity index (χ1v) is 6.00. The summed E-state index contributed by atoms with van der Waals surface area (Å²) in [4.78, 5) is 22.9. The molecule has 5 heteroatoms. The highest BCUT2D eigenvalue weighted by molar-refractivity contribution is 6.08. The van der Waals surface area contributed by atoms with Gasteiger partial charge in [0.2, 0.25) is 0 Å².